The van der Waals surface area contributed by atoms with E-state index in [0.717, 1.165) is 40.7 Å². The summed E-state index contributed by atoms with van der Waals surface area (Å²) in [5, 5.41) is 14.9. The number of carbonyl (C=O) groups excluding carboxylic acids is 1. The number of benzene rings is 4. The van der Waals surface area contributed by atoms with E-state index in [2.05, 4.69) is 63.3 Å². The molecule has 0 aliphatic carbocycles. The SMILES string of the molecule is CC(C)(C)c1ccc(CN([C-]=O)N=[C-]CCCc2cccc(-c3ccc(OCc4ccccc4)c(CC(=O)O)c3)c2)cc1.[CH2-]C.[Li+]. The number of ether oxygens (including phenoxy) is 1. The first-order chi connectivity index (χ1) is 21.7. The second kappa shape index (κ2) is 19.4. The second-order valence-corrected chi connectivity index (χ2v) is 11.6. The van der Waals surface area contributed by atoms with E-state index in [4.69, 9.17) is 4.74 Å². The smallest absolute Gasteiger partial charge is 0.518 e. The fraction of sp³-hybridized carbons (Fsp3) is 0.282. The molecule has 0 bridgehead atoms. The number of hydrogen-bond donors (Lipinski definition) is 1. The summed E-state index contributed by atoms with van der Waals surface area (Å²) >= 11 is 0. The zero-order chi connectivity index (χ0) is 32.7. The van der Waals surface area contributed by atoms with Crippen molar-refractivity contribution in [3.8, 4) is 16.9 Å². The first kappa shape index (κ1) is 38.1. The Morgan fingerprint density at radius 2 is 1.54 bits per heavy atom. The molecule has 236 valence electrons. The molecule has 0 aliphatic rings. The van der Waals surface area contributed by atoms with Crippen molar-refractivity contribution in [2.75, 3.05) is 0 Å². The molecular formula is C39H43LiN2O4-2. The molecule has 0 heterocycles. The van der Waals surface area contributed by atoms with E-state index in [1.165, 1.54) is 10.6 Å². The number of aryl methyl sites for hydroxylation is 1. The van der Waals surface area contributed by atoms with E-state index < -0.39 is 5.97 Å². The number of amides is 1. The van der Waals surface area contributed by atoms with Crippen LogP contribution < -0.4 is 23.6 Å². The van der Waals surface area contributed by atoms with E-state index in [-0.39, 0.29) is 30.7 Å². The van der Waals surface area contributed by atoms with Crippen LogP contribution in [0.15, 0.2) is 102 Å². The van der Waals surface area contributed by atoms with Gasteiger partial charge in [0.15, 0.2) is 0 Å². The molecule has 0 radical (unpaired) electrons. The Morgan fingerprint density at radius 1 is 0.870 bits per heavy atom. The Balaban J connectivity index is 0.00000241. The minimum atomic E-state index is -0.905. The largest absolute Gasteiger partial charge is 1.00 e. The normalized spacial score (nSPS) is 10.8. The van der Waals surface area contributed by atoms with Crippen molar-refractivity contribution >= 4 is 18.6 Å². The van der Waals surface area contributed by atoms with E-state index in [1.54, 1.807) is 6.92 Å². The monoisotopic (exact) mass is 610 g/mol. The standard InChI is InChI=1S/C37H38N2O4.C2H5.Li/c1-37(2,3)34-18-15-29(16-19-34)25-39(27-40)38-21-8-7-10-28-13-9-14-31(22-28)32-17-20-35(33(23-32)24-36(41)42)43-26-30-11-5-4-6-12-30;1-2;/h4-6,9,11-20,22-23H,7-8,10,24-26H2,1-3H3,(H,41,42);1H2,2H3;/q-2;-1;+1. The number of carbonyl (C=O) groups is 1. The van der Waals surface area contributed by atoms with Crippen LogP contribution >= 0.6 is 0 Å². The number of hydrazone groups is 1. The average Bonchev–Trinajstić information content (AvgIpc) is 3.04. The van der Waals surface area contributed by atoms with Gasteiger partial charge in [-0.2, -0.15) is 13.3 Å². The van der Waals surface area contributed by atoms with Gasteiger partial charge in [0.05, 0.1) is 6.42 Å². The van der Waals surface area contributed by atoms with Crippen molar-refractivity contribution in [2.24, 2.45) is 5.10 Å². The molecule has 0 aliphatic heterocycles. The van der Waals surface area contributed by atoms with Crippen LogP contribution in [0.3, 0.4) is 0 Å². The van der Waals surface area contributed by atoms with Gasteiger partial charge in [-0.3, -0.25) is 4.79 Å². The maximum Gasteiger partial charge on any atom is 1.00 e. The van der Waals surface area contributed by atoms with Crippen LogP contribution in [0, 0.1) is 6.92 Å². The number of carboxylic acid groups (broad SMARTS) is 1. The zero-order valence-corrected chi connectivity index (χ0v) is 27.8. The third kappa shape index (κ3) is 12.3. The molecule has 46 heavy (non-hydrogen) atoms. The predicted octanol–water partition coefficient (Wildman–Crippen LogP) is 5.46. The fourth-order valence-electron chi connectivity index (χ4n) is 4.72. The van der Waals surface area contributed by atoms with Gasteiger partial charge in [0, 0.05) is 12.1 Å². The Morgan fingerprint density at radius 3 is 2.20 bits per heavy atom. The van der Waals surface area contributed by atoms with E-state index in [9.17, 15) is 14.7 Å². The molecule has 0 unspecified atom stereocenters. The van der Waals surface area contributed by atoms with E-state index >= 15 is 0 Å². The third-order valence-electron chi connectivity index (χ3n) is 7.10. The van der Waals surface area contributed by atoms with E-state index in [1.807, 2.05) is 79.2 Å². The summed E-state index contributed by atoms with van der Waals surface area (Å²) in [7, 11) is 0. The molecular weight excluding hydrogens is 567 g/mol. The maximum absolute atomic E-state index is 11.6. The van der Waals surface area contributed by atoms with Crippen LogP contribution in [0.4, 0.5) is 0 Å². The van der Waals surface area contributed by atoms with Crippen molar-refractivity contribution < 1.29 is 38.3 Å². The van der Waals surface area contributed by atoms with Gasteiger partial charge < -0.3 is 37.9 Å². The van der Waals surface area contributed by atoms with Crippen molar-refractivity contribution in [3.63, 3.8) is 0 Å². The van der Waals surface area contributed by atoms with Crippen molar-refractivity contribution in [1.82, 2.24) is 5.01 Å². The average molecular weight is 611 g/mol. The predicted molar refractivity (Wildman–Crippen MR) is 182 cm³/mol. The molecule has 0 aromatic heterocycles. The zero-order valence-electron chi connectivity index (χ0n) is 27.8. The maximum atomic E-state index is 11.6. The van der Waals surface area contributed by atoms with Gasteiger partial charge >= 0.3 is 24.8 Å². The summed E-state index contributed by atoms with van der Waals surface area (Å²) in [6.07, 6.45) is 6.97. The van der Waals surface area contributed by atoms with Crippen LogP contribution in [0.2, 0.25) is 0 Å². The molecule has 0 fully saturated rings. The van der Waals surface area contributed by atoms with Gasteiger partial charge in [-0.05, 0) is 57.3 Å². The summed E-state index contributed by atoms with van der Waals surface area (Å²) in [4.78, 5) is 23.0. The van der Waals surface area contributed by atoms with Gasteiger partial charge in [0.25, 0.3) is 0 Å². The minimum Gasteiger partial charge on any atom is -0.518 e. The molecule has 4 rings (SSSR count). The topological polar surface area (TPSA) is 79.2 Å². The third-order valence-corrected chi connectivity index (χ3v) is 7.10. The molecule has 0 saturated heterocycles. The molecule has 0 spiro atoms. The van der Waals surface area contributed by atoms with Crippen LogP contribution in [0.25, 0.3) is 11.1 Å². The van der Waals surface area contributed by atoms with Crippen LogP contribution in [-0.2, 0) is 41.0 Å². The Bertz CT molecular complexity index is 1530. The molecule has 4 aromatic rings. The molecule has 6 nitrogen and oxygen atoms in total. The molecule has 0 atom stereocenters. The summed E-state index contributed by atoms with van der Waals surface area (Å²) in [6, 6.07) is 31.9. The number of carboxylic acids is 1. The van der Waals surface area contributed by atoms with Gasteiger partial charge in [-0.25, -0.2) is 0 Å². The van der Waals surface area contributed by atoms with Gasteiger partial charge in [0.2, 0.25) is 0 Å². The second-order valence-electron chi connectivity index (χ2n) is 11.6. The van der Waals surface area contributed by atoms with Crippen molar-refractivity contribution in [2.45, 2.75) is 71.9 Å². The minimum absolute atomic E-state index is 0. The number of nitrogens with zero attached hydrogens (tertiary/aromatic N) is 2. The summed E-state index contributed by atoms with van der Waals surface area (Å²) in [5.41, 5.74) is 7.06. The van der Waals surface area contributed by atoms with Crippen LogP contribution in [0.1, 0.15) is 68.4 Å². The fourth-order valence-corrected chi connectivity index (χ4v) is 4.72. The van der Waals surface area contributed by atoms with Crippen LogP contribution in [0.5, 0.6) is 5.75 Å². The molecule has 0 saturated carbocycles. The van der Waals surface area contributed by atoms with Crippen molar-refractivity contribution in [1.29, 1.82) is 0 Å². The molecule has 1 amide bonds. The summed E-state index contributed by atoms with van der Waals surface area (Å²) in [6.45, 7) is 12.2. The van der Waals surface area contributed by atoms with Gasteiger partial charge in [0.1, 0.15) is 12.4 Å². The summed E-state index contributed by atoms with van der Waals surface area (Å²) < 4.78 is 5.98. The van der Waals surface area contributed by atoms with Gasteiger partial charge in [-0.15, -0.1) is 6.41 Å². The molecule has 1 N–H and O–H groups in total. The van der Waals surface area contributed by atoms with E-state index in [0.29, 0.717) is 30.9 Å². The Labute approximate surface area is 286 Å². The summed E-state index contributed by atoms with van der Waals surface area (Å²) in [5.74, 6) is -0.331. The van der Waals surface area contributed by atoms with Crippen LogP contribution in [-0.4, -0.2) is 28.7 Å². The quantitative estimate of drug-likeness (QED) is 0.0514. The number of hydrogen-bond acceptors (Lipinski definition) is 4. The number of unbranched alkanes of at least 4 members (excludes halogenated alkanes) is 1. The Kier molecular flexibility index (Phi) is 16.1. The Hall–Kier alpha value is -4.11. The van der Waals surface area contributed by atoms with Crippen molar-refractivity contribution in [3.05, 3.63) is 132 Å². The number of rotatable bonds is 14. The molecule has 7 heteroatoms. The first-order valence-electron chi connectivity index (χ1n) is 15.2. The van der Waals surface area contributed by atoms with Gasteiger partial charge in [-0.1, -0.05) is 112 Å². The molecule has 4 aromatic carbocycles. The number of aliphatic carboxylic acids is 1. The first-order valence-corrected chi connectivity index (χ1v) is 15.2.